The summed E-state index contributed by atoms with van der Waals surface area (Å²) in [5, 5.41) is 8.32. The van der Waals surface area contributed by atoms with E-state index in [2.05, 4.69) is 20.6 Å². The lowest BCUT2D eigenvalue weighted by Crippen LogP contribution is -2.26. The Hall–Kier alpha value is -4.59. The van der Waals surface area contributed by atoms with Crippen LogP contribution >= 0.6 is 0 Å². The fraction of sp³-hybridized carbons (Fsp3) is 0.0800. The minimum absolute atomic E-state index is 0.350. The lowest BCUT2D eigenvalue weighted by Gasteiger charge is -2.08. The summed E-state index contributed by atoms with van der Waals surface area (Å²) in [5.41, 5.74) is 6.10. The van der Waals surface area contributed by atoms with Crippen molar-refractivity contribution in [1.82, 2.24) is 20.2 Å². The van der Waals surface area contributed by atoms with Gasteiger partial charge in [-0.25, -0.2) is 19.9 Å². The van der Waals surface area contributed by atoms with Gasteiger partial charge in [0.2, 0.25) is 0 Å². The minimum Gasteiger partial charge on any atom is -0.452 e. The number of hydrogen-bond donors (Lipinski definition) is 1. The average molecular weight is 439 g/mol. The molecule has 0 spiro atoms. The minimum atomic E-state index is -0.590. The van der Waals surface area contributed by atoms with Gasteiger partial charge in [0.1, 0.15) is 12.7 Å². The van der Waals surface area contributed by atoms with Crippen LogP contribution in [0.4, 0.5) is 0 Å². The molecule has 3 aromatic carbocycles. The van der Waals surface area contributed by atoms with Crippen molar-refractivity contribution in [3.8, 4) is 0 Å². The molecule has 0 aliphatic carbocycles. The first kappa shape index (κ1) is 21.6. The van der Waals surface area contributed by atoms with Gasteiger partial charge in [0, 0.05) is 11.1 Å². The van der Waals surface area contributed by atoms with Crippen LogP contribution < -0.4 is 5.43 Å². The molecule has 33 heavy (non-hydrogen) atoms. The summed E-state index contributed by atoms with van der Waals surface area (Å²) in [6, 6.07) is 25.9. The molecule has 8 nitrogen and oxygen atoms in total. The van der Waals surface area contributed by atoms with Crippen LogP contribution in [0.25, 0.3) is 0 Å². The lowest BCUT2D eigenvalue weighted by molar-refractivity contribution is -0.124. The summed E-state index contributed by atoms with van der Waals surface area (Å²) < 4.78 is 6.81. The zero-order chi connectivity index (χ0) is 22.9. The topological polar surface area (TPSA) is 98.5 Å². The van der Waals surface area contributed by atoms with Crippen LogP contribution in [0, 0.1) is 0 Å². The van der Waals surface area contributed by atoms with E-state index >= 15 is 0 Å². The summed E-state index contributed by atoms with van der Waals surface area (Å²) in [4.78, 5) is 28.5. The van der Waals surface area contributed by atoms with Crippen LogP contribution in [0.2, 0.25) is 0 Å². The Morgan fingerprint density at radius 1 is 0.848 bits per heavy atom. The van der Waals surface area contributed by atoms with Gasteiger partial charge >= 0.3 is 5.97 Å². The molecule has 0 saturated heterocycles. The highest BCUT2D eigenvalue weighted by molar-refractivity contribution is 6.13. The second-order valence-corrected chi connectivity index (χ2v) is 7.09. The molecular formula is C25H21N5O3. The number of benzene rings is 3. The Bertz CT molecular complexity index is 1180. The first-order valence-corrected chi connectivity index (χ1v) is 10.2. The molecule has 0 atom stereocenters. The van der Waals surface area contributed by atoms with Gasteiger partial charge in [-0.3, -0.25) is 4.79 Å². The van der Waals surface area contributed by atoms with Crippen LogP contribution in [0.3, 0.4) is 0 Å². The van der Waals surface area contributed by atoms with Crippen LogP contribution in [0.15, 0.2) is 103 Å². The number of carbonyl (C=O) groups excluding carboxylic acids is 2. The van der Waals surface area contributed by atoms with E-state index < -0.39 is 18.5 Å². The number of hydrogen-bond acceptors (Lipinski definition) is 6. The van der Waals surface area contributed by atoms with Gasteiger partial charge in [0.25, 0.3) is 5.91 Å². The van der Waals surface area contributed by atoms with Crippen molar-refractivity contribution in [3.05, 3.63) is 120 Å². The quantitative estimate of drug-likeness (QED) is 0.258. The predicted molar refractivity (Wildman–Crippen MR) is 123 cm³/mol. The zero-order valence-corrected chi connectivity index (χ0v) is 17.7. The Morgan fingerprint density at radius 2 is 1.48 bits per heavy atom. The number of rotatable bonds is 8. The normalized spacial score (nSPS) is 10.3. The molecule has 0 fully saturated rings. The van der Waals surface area contributed by atoms with E-state index in [1.165, 1.54) is 6.33 Å². The van der Waals surface area contributed by atoms with Crippen molar-refractivity contribution in [2.24, 2.45) is 5.10 Å². The number of nitrogens with one attached hydrogen (secondary N) is 1. The molecule has 4 rings (SSSR count). The molecule has 0 saturated carbocycles. The SMILES string of the molecule is O=C(COC(=O)c1ccc(Cn2cncn2)cc1)NN=C(c1ccccc1)c1ccccc1. The number of carbonyl (C=O) groups is 2. The lowest BCUT2D eigenvalue weighted by atomic mass is 10.0. The molecule has 4 aromatic rings. The molecule has 1 amide bonds. The Morgan fingerprint density at radius 3 is 2.06 bits per heavy atom. The number of amides is 1. The van der Waals surface area contributed by atoms with E-state index in [0.717, 1.165) is 16.7 Å². The predicted octanol–water partition coefficient (Wildman–Crippen LogP) is 3.05. The molecule has 0 unspecified atom stereocenters. The third kappa shape index (κ3) is 5.98. The molecule has 1 heterocycles. The number of ether oxygens (including phenoxy) is 1. The van der Waals surface area contributed by atoms with E-state index in [1.54, 1.807) is 35.3 Å². The monoisotopic (exact) mass is 439 g/mol. The summed E-state index contributed by atoms with van der Waals surface area (Å²) in [6.07, 6.45) is 3.08. The van der Waals surface area contributed by atoms with Crippen LogP contribution in [-0.4, -0.2) is 39.0 Å². The maximum absolute atomic E-state index is 12.3. The molecule has 1 N–H and O–H groups in total. The highest BCUT2D eigenvalue weighted by atomic mass is 16.5. The van der Waals surface area contributed by atoms with E-state index in [0.29, 0.717) is 17.8 Å². The standard InChI is InChI=1S/C25H21N5O3/c31-23(28-29-24(20-7-3-1-4-8-20)21-9-5-2-6-10-21)16-33-25(32)22-13-11-19(12-14-22)15-30-18-26-17-27-30/h1-14,17-18H,15-16H2,(H,28,31). The molecule has 164 valence electrons. The van der Waals surface area contributed by atoms with Gasteiger partial charge in [-0.2, -0.15) is 10.2 Å². The third-order valence-corrected chi connectivity index (χ3v) is 4.72. The number of aromatic nitrogens is 3. The van der Waals surface area contributed by atoms with Crippen LogP contribution in [-0.2, 0) is 16.1 Å². The van der Waals surface area contributed by atoms with Crippen molar-refractivity contribution < 1.29 is 14.3 Å². The van der Waals surface area contributed by atoms with Crippen LogP contribution in [0.5, 0.6) is 0 Å². The van der Waals surface area contributed by atoms with Gasteiger partial charge in [-0.1, -0.05) is 72.8 Å². The van der Waals surface area contributed by atoms with Crippen molar-refractivity contribution in [3.63, 3.8) is 0 Å². The van der Waals surface area contributed by atoms with Crippen molar-refractivity contribution in [2.45, 2.75) is 6.54 Å². The highest BCUT2D eigenvalue weighted by Gasteiger charge is 2.12. The summed E-state index contributed by atoms with van der Waals surface area (Å²) in [5.74, 6) is -1.12. The highest BCUT2D eigenvalue weighted by Crippen LogP contribution is 2.11. The van der Waals surface area contributed by atoms with Gasteiger partial charge in [-0.15, -0.1) is 0 Å². The van der Waals surface area contributed by atoms with E-state index in [-0.39, 0.29) is 0 Å². The van der Waals surface area contributed by atoms with Gasteiger partial charge in [0.15, 0.2) is 6.61 Å². The largest absolute Gasteiger partial charge is 0.452 e. The molecule has 0 radical (unpaired) electrons. The number of hydrazone groups is 1. The molecule has 8 heteroatoms. The number of esters is 1. The fourth-order valence-corrected chi connectivity index (χ4v) is 3.10. The summed E-state index contributed by atoms with van der Waals surface area (Å²) in [7, 11) is 0. The zero-order valence-electron chi connectivity index (χ0n) is 17.7. The summed E-state index contributed by atoms with van der Waals surface area (Å²) in [6.45, 7) is 0.0980. The van der Waals surface area contributed by atoms with E-state index in [9.17, 15) is 9.59 Å². The Kier molecular flexibility index (Phi) is 6.97. The second-order valence-electron chi connectivity index (χ2n) is 7.09. The van der Waals surface area contributed by atoms with Crippen molar-refractivity contribution >= 4 is 17.6 Å². The summed E-state index contributed by atoms with van der Waals surface area (Å²) >= 11 is 0. The molecule has 0 aliphatic rings. The van der Waals surface area contributed by atoms with Crippen molar-refractivity contribution in [1.29, 1.82) is 0 Å². The maximum atomic E-state index is 12.3. The fourth-order valence-electron chi connectivity index (χ4n) is 3.10. The van der Waals surface area contributed by atoms with Crippen LogP contribution in [0.1, 0.15) is 27.0 Å². The Labute approximate surface area is 190 Å². The molecule has 1 aromatic heterocycles. The second kappa shape index (κ2) is 10.6. The first-order chi connectivity index (χ1) is 16.2. The maximum Gasteiger partial charge on any atom is 0.338 e. The van der Waals surface area contributed by atoms with Gasteiger partial charge < -0.3 is 4.74 Å². The molecular weight excluding hydrogens is 418 g/mol. The average Bonchev–Trinajstić information content (AvgIpc) is 3.37. The molecule has 0 bridgehead atoms. The van der Waals surface area contributed by atoms with Crippen molar-refractivity contribution in [2.75, 3.05) is 6.61 Å². The smallest absolute Gasteiger partial charge is 0.338 e. The third-order valence-electron chi connectivity index (χ3n) is 4.72. The number of nitrogens with zero attached hydrogens (tertiary/aromatic N) is 4. The van der Waals surface area contributed by atoms with Gasteiger partial charge in [0.05, 0.1) is 17.8 Å². The Balaban J connectivity index is 1.35. The van der Waals surface area contributed by atoms with Gasteiger partial charge in [-0.05, 0) is 17.7 Å². The first-order valence-electron chi connectivity index (χ1n) is 10.2. The molecule has 0 aliphatic heterocycles. The van der Waals surface area contributed by atoms with E-state index in [1.807, 2.05) is 60.7 Å². The van der Waals surface area contributed by atoms with E-state index in [4.69, 9.17) is 4.74 Å².